The van der Waals surface area contributed by atoms with Crippen molar-refractivity contribution in [1.82, 2.24) is 0 Å². The first kappa shape index (κ1) is 14.2. The Hall–Kier alpha value is -1.22. The van der Waals surface area contributed by atoms with Gasteiger partial charge in [0.1, 0.15) is 11.6 Å². The summed E-state index contributed by atoms with van der Waals surface area (Å²) in [4.78, 5) is 0. The summed E-state index contributed by atoms with van der Waals surface area (Å²) < 4.78 is 27.2. The summed E-state index contributed by atoms with van der Waals surface area (Å²) in [5, 5.41) is 0. The molecule has 104 valence electrons. The molecule has 0 amide bonds. The molecule has 1 atom stereocenters. The second kappa shape index (κ2) is 6.29. The number of benzene rings is 1. The molecule has 0 heterocycles. The molecule has 0 bridgehead atoms. The van der Waals surface area contributed by atoms with Crippen LogP contribution in [0.5, 0.6) is 0 Å². The molecule has 0 saturated carbocycles. The fraction of sp³-hybridized carbons (Fsp3) is 0.500. The standard InChI is InChI=1S/C16H21F2N/c1-11-9-13(15(18)10-14(11)17)16(19)12-7-5-3-2-4-6-8-12/h7,9-10,16H,2-6,8,19H2,1H3/b12-7+. The molecule has 2 rings (SSSR count). The van der Waals surface area contributed by atoms with Crippen LogP contribution in [0.3, 0.4) is 0 Å². The van der Waals surface area contributed by atoms with Crippen LogP contribution in [0.4, 0.5) is 8.78 Å². The van der Waals surface area contributed by atoms with Gasteiger partial charge in [-0.25, -0.2) is 8.78 Å². The van der Waals surface area contributed by atoms with Gasteiger partial charge in [0.25, 0.3) is 0 Å². The Balaban J connectivity index is 2.27. The molecule has 19 heavy (non-hydrogen) atoms. The van der Waals surface area contributed by atoms with Crippen molar-refractivity contribution in [2.24, 2.45) is 5.73 Å². The number of halogens is 2. The first-order chi connectivity index (χ1) is 9.09. The highest BCUT2D eigenvalue weighted by molar-refractivity contribution is 5.33. The van der Waals surface area contributed by atoms with Crippen molar-refractivity contribution in [2.75, 3.05) is 0 Å². The smallest absolute Gasteiger partial charge is 0.131 e. The fourth-order valence-electron chi connectivity index (χ4n) is 2.62. The second-order valence-corrected chi connectivity index (χ2v) is 5.33. The molecular formula is C16H21F2N. The summed E-state index contributed by atoms with van der Waals surface area (Å²) in [7, 11) is 0. The summed E-state index contributed by atoms with van der Waals surface area (Å²) in [6.07, 6.45) is 8.78. The largest absolute Gasteiger partial charge is 0.320 e. The lowest BCUT2D eigenvalue weighted by Crippen LogP contribution is -2.16. The molecule has 1 aromatic carbocycles. The molecule has 1 nitrogen and oxygen atoms in total. The maximum absolute atomic E-state index is 13.9. The van der Waals surface area contributed by atoms with E-state index in [4.69, 9.17) is 5.73 Å². The lowest BCUT2D eigenvalue weighted by atomic mass is 9.90. The van der Waals surface area contributed by atoms with Crippen LogP contribution in [0.1, 0.15) is 55.7 Å². The SMILES string of the molecule is Cc1cc(C(N)/C2=C/CCCCCC2)c(F)cc1F. The van der Waals surface area contributed by atoms with Gasteiger partial charge in [-0.1, -0.05) is 24.5 Å². The second-order valence-electron chi connectivity index (χ2n) is 5.33. The van der Waals surface area contributed by atoms with E-state index in [9.17, 15) is 8.78 Å². The van der Waals surface area contributed by atoms with Gasteiger partial charge < -0.3 is 5.73 Å². The minimum Gasteiger partial charge on any atom is -0.320 e. The molecule has 0 aliphatic heterocycles. The van der Waals surface area contributed by atoms with Crippen molar-refractivity contribution < 1.29 is 8.78 Å². The number of allylic oxidation sites excluding steroid dienone is 1. The minimum atomic E-state index is -0.543. The van der Waals surface area contributed by atoms with Crippen LogP contribution in [0.15, 0.2) is 23.8 Å². The third-order valence-electron chi connectivity index (χ3n) is 3.84. The summed E-state index contributed by atoms with van der Waals surface area (Å²) in [5.41, 5.74) is 8.12. The lowest BCUT2D eigenvalue weighted by Gasteiger charge is -2.20. The summed E-state index contributed by atoms with van der Waals surface area (Å²) in [6, 6.07) is 2.03. The van der Waals surface area contributed by atoms with E-state index in [2.05, 4.69) is 6.08 Å². The van der Waals surface area contributed by atoms with E-state index in [-0.39, 0.29) is 0 Å². The van der Waals surface area contributed by atoms with Gasteiger partial charge in [0, 0.05) is 11.6 Å². The normalized spacial score (nSPS) is 21.2. The number of nitrogens with two attached hydrogens (primary N) is 1. The number of aryl methyl sites for hydroxylation is 1. The Morgan fingerprint density at radius 2 is 1.79 bits per heavy atom. The van der Waals surface area contributed by atoms with Crippen LogP contribution in [-0.2, 0) is 0 Å². The molecule has 0 aromatic heterocycles. The average molecular weight is 265 g/mol. The molecule has 0 spiro atoms. The molecular weight excluding hydrogens is 244 g/mol. The molecule has 0 radical (unpaired) electrons. The quantitative estimate of drug-likeness (QED) is 0.780. The molecule has 2 N–H and O–H groups in total. The highest BCUT2D eigenvalue weighted by Crippen LogP contribution is 2.29. The fourth-order valence-corrected chi connectivity index (χ4v) is 2.62. The highest BCUT2D eigenvalue weighted by Gasteiger charge is 2.18. The number of hydrogen-bond acceptors (Lipinski definition) is 1. The summed E-state index contributed by atoms with van der Waals surface area (Å²) >= 11 is 0. The average Bonchev–Trinajstić information content (AvgIpc) is 2.32. The zero-order valence-electron chi connectivity index (χ0n) is 11.4. The van der Waals surface area contributed by atoms with Crippen molar-refractivity contribution in [1.29, 1.82) is 0 Å². The zero-order chi connectivity index (χ0) is 13.8. The van der Waals surface area contributed by atoms with Crippen LogP contribution < -0.4 is 5.73 Å². The molecule has 1 unspecified atom stereocenters. The van der Waals surface area contributed by atoms with Crippen molar-refractivity contribution in [3.63, 3.8) is 0 Å². The molecule has 3 heteroatoms. The minimum absolute atomic E-state index is 0.408. The molecule has 0 fully saturated rings. The van der Waals surface area contributed by atoms with Gasteiger partial charge in [-0.3, -0.25) is 0 Å². The first-order valence-corrected chi connectivity index (χ1v) is 6.99. The van der Waals surface area contributed by atoms with Gasteiger partial charge in [0.15, 0.2) is 0 Å². The van der Waals surface area contributed by atoms with E-state index in [1.165, 1.54) is 25.3 Å². The van der Waals surface area contributed by atoms with Gasteiger partial charge in [-0.15, -0.1) is 0 Å². The van der Waals surface area contributed by atoms with Gasteiger partial charge in [-0.2, -0.15) is 0 Å². The molecule has 1 aromatic rings. The van der Waals surface area contributed by atoms with Crippen LogP contribution in [0.25, 0.3) is 0 Å². The predicted molar refractivity (Wildman–Crippen MR) is 73.8 cm³/mol. The number of hydrogen-bond donors (Lipinski definition) is 1. The maximum Gasteiger partial charge on any atom is 0.131 e. The topological polar surface area (TPSA) is 26.0 Å². The van der Waals surface area contributed by atoms with Crippen molar-refractivity contribution in [2.45, 2.75) is 51.5 Å². The Kier molecular flexibility index (Phi) is 4.70. The highest BCUT2D eigenvalue weighted by atomic mass is 19.1. The van der Waals surface area contributed by atoms with Gasteiger partial charge in [-0.05, 0) is 44.2 Å². The van der Waals surface area contributed by atoms with Gasteiger partial charge in [0.2, 0.25) is 0 Å². The van der Waals surface area contributed by atoms with E-state index in [1.54, 1.807) is 6.92 Å². The third-order valence-corrected chi connectivity index (χ3v) is 3.84. The van der Waals surface area contributed by atoms with Crippen molar-refractivity contribution in [3.05, 3.63) is 46.5 Å². The molecule has 1 aliphatic rings. The predicted octanol–water partition coefficient (Wildman–Crippen LogP) is 4.55. The maximum atomic E-state index is 13.9. The van der Waals surface area contributed by atoms with E-state index in [0.717, 1.165) is 30.9 Å². The Morgan fingerprint density at radius 3 is 2.58 bits per heavy atom. The Labute approximate surface area is 113 Å². The Bertz CT molecular complexity index is 480. The van der Waals surface area contributed by atoms with Crippen LogP contribution >= 0.6 is 0 Å². The van der Waals surface area contributed by atoms with Crippen LogP contribution in [0.2, 0.25) is 0 Å². The van der Waals surface area contributed by atoms with Gasteiger partial charge in [0.05, 0.1) is 6.04 Å². The molecule has 0 saturated heterocycles. The van der Waals surface area contributed by atoms with E-state index in [0.29, 0.717) is 11.1 Å². The number of rotatable bonds is 2. The third kappa shape index (κ3) is 3.41. The molecule has 1 aliphatic carbocycles. The van der Waals surface area contributed by atoms with E-state index >= 15 is 0 Å². The summed E-state index contributed by atoms with van der Waals surface area (Å²) in [6.45, 7) is 1.64. The van der Waals surface area contributed by atoms with Crippen molar-refractivity contribution >= 4 is 0 Å². The first-order valence-electron chi connectivity index (χ1n) is 6.99. The summed E-state index contributed by atoms with van der Waals surface area (Å²) in [5.74, 6) is -1.06. The van der Waals surface area contributed by atoms with Crippen molar-refractivity contribution in [3.8, 4) is 0 Å². The Morgan fingerprint density at radius 1 is 1.05 bits per heavy atom. The monoisotopic (exact) mass is 265 g/mol. The van der Waals surface area contributed by atoms with Crippen LogP contribution in [0, 0.1) is 18.6 Å². The zero-order valence-corrected chi connectivity index (χ0v) is 11.4. The van der Waals surface area contributed by atoms with Crippen LogP contribution in [-0.4, -0.2) is 0 Å². The lowest BCUT2D eigenvalue weighted by molar-refractivity contribution is 0.551. The van der Waals surface area contributed by atoms with E-state index < -0.39 is 17.7 Å². The van der Waals surface area contributed by atoms with E-state index in [1.807, 2.05) is 0 Å². The van der Waals surface area contributed by atoms with Gasteiger partial charge >= 0.3 is 0 Å².